The molecule has 0 bridgehead atoms. The fourth-order valence-electron chi connectivity index (χ4n) is 3.22. The number of rotatable bonds is 7. The summed E-state index contributed by atoms with van der Waals surface area (Å²) in [4.78, 5) is 29.3. The number of benzene rings is 2. The van der Waals surface area contributed by atoms with Gasteiger partial charge in [-0.05, 0) is 61.5 Å². The molecule has 0 radical (unpaired) electrons. The van der Waals surface area contributed by atoms with Crippen molar-refractivity contribution in [3.8, 4) is 11.5 Å². The molecule has 156 valence electrons. The Morgan fingerprint density at radius 3 is 2.37 bits per heavy atom. The molecule has 30 heavy (non-hydrogen) atoms. The van der Waals surface area contributed by atoms with E-state index in [1.54, 1.807) is 43.5 Å². The van der Waals surface area contributed by atoms with Crippen molar-refractivity contribution in [2.75, 3.05) is 25.2 Å². The molecule has 2 aromatic rings. The molecule has 0 aliphatic carbocycles. The highest BCUT2D eigenvalue weighted by atomic mass is 32.1. The molecule has 1 fully saturated rings. The van der Waals surface area contributed by atoms with Gasteiger partial charge in [-0.25, -0.2) is 0 Å². The largest absolute Gasteiger partial charge is 0.493 e. The quantitative estimate of drug-likeness (QED) is 0.381. The van der Waals surface area contributed by atoms with Gasteiger partial charge in [0.1, 0.15) is 5.57 Å². The summed E-state index contributed by atoms with van der Waals surface area (Å²) < 4.78 is 10.9. The maximum Gasteiger partial charge on any atom is 0.270 e. The van der Waals surface area contributed by atoms with E-state index in [1.165, 1.54) is 9.80 Å². The Morgan fingerprint density at radius 1 is 1.00 bits per heavy atom. The summed E-state index contributed by atoms with van der Waals surface area (Å²) in [6.45, 7) is 4.78. The first kappa shape index (κ1) is 21.5. The van der Waals surface area contributed by atoms with Crippen LogP contribution in [0.5, 0.6) is 11.5 Å². The number of carbonyl (C=O) groups excluding carboxylic acids is 2. The molecule has 1 aliphatic heterocycles. The maximum absolute atomic E-state index is 13.3. The minimum Gasteiger partial charge on any atom is -0.493 e. The van der Waals surface area contributed by atoms with Crippen LogP contribution >= 0.6 is 12.2 Å². The summed E-state index contributed by atoms with van der Waals surface area (Å²) in [6.07, 6.45) is 2.29. The van der Waals surface area contributed by atoms with Gasteiger partial charge in [-0.1, -0.05) is 31.2 Å². The van der Waals surface area contributed by atoms with E-state index in [2.05, 4.69) is 0 Å². The summed E-state index contributed by atoms with van der Waals surface area (Å²) in [6, 6.07) is 14.4. The Bertz CT molecular complexity index is 988. The van der Waals surface area contributed by atoms with Crippen molar-refractivity contribution in [1.29, 1.82) is 0 Å². The summed E-state index contributed by atoms with van der Waals surface area (Å²) >= 11 is 5.50. The van der Waals surface area contributed by atoms with Gasteiger partial charge in [0.25, 0.3) is 11.8 Å². The molecule has 6 nitrogen and oxygen atoms in total. The van der Waals surface area contributed by atoms with Gasteiger partial charge in [-0.15, -0.1) is 0 Å². The third-order valence-corrected chi connectivity index (χ3v) is 4.99. The summed E-state index contributed by atoms with van der Waals surface area (Å²) in [5.74, 6) is 0.286. The first-order valence-corrected chi connectivity index (χ1v) is 10.2. The molecule has 0 saturated carbocycles. The molecule has 1 saturated heterocycles. The average Bonchev–Trinajstić information content (AvgIpc) is 2.76. The first-order chi connectivity index (χ1) is 14.5. The van der Waals surface area contributed by atoms with Gasteiger partial charge in [0.2, 0.25) is 0 Å². The summed E-state index contributed by atoms with van der Waals surface area (Å²) in [5.41, 5.74) is 1.33. The van der Waals surface area contributed by atoms with Gasteiger partial charge < -0.3 is 9.47 Å². The second-order valence-corrected chi connectivity index (χ2v) is 6.98. The van der Waals surface area contributed by atoms with Crippen molar-refractivity contribution in [2.24, 2.45) is 0 Å². The lowest BCUT2D eigenvalue weighted by atomic mass is 10.0. The fraction of sp³-hybridized carbons (Fsp3) is 0.261. The third kappa shape index (κ3) is 4.21. The van der Waals surface area contributed by atoms with Gasteiger partial charge in [0, 0.05) is 6.54 Å². The number of methoxy groups -OCH3 is 1. The van der Waals surface area contributed by atoms with Crippen LogP contribution in [0.2, 0.25) is 0 Å². The van der Waals surface area contributed by atoms with E-state index in [1.807, 2.05) is 32.0 Å². The first-order valence-electron chi connectivity index (χ1n) is 9.79. The number of hydrogen-bond donors (Lipinski definition) is 0. The topological polar surface area (TPSA) is 59.1 Å². The Morgan fingerprint density at radius 2 is 1.73 bits per heavy atom. The lowest BCUT2D eigenvalue weighted by Gasteiger charge is -2.36. The van der Waals surface area contributed by atoms with Gasteiger partial charge in [0.15, 0.2) is 16.6 Å². The lowest BCUT2D eigenvalue weighted by molar-refractivity contribution is -0.127. The molecule has 1 heterocycles. The number of amides is 2. The second-order valence-electron chi connectivity index (χ2n) is 6.62. The van der Waals surface area contributed by atoms with Crippen LogP contribution in [-0.2, 0) is 9.59 Å². The van der Waals surface area contributed by atoms with Crippen LogP contribution in [0.4, 0.5) is 5.69 Å². The van der Waals surface area contributed by atoms with E-state index in [0.29, 0.717) is 42.3 Å². The molecular weight excluding hydrogens is 400 g/mol. The van der Waals surface area contributed by atoms with Gasteiger partial charge >= 0.3 is 0 Å². The number of nitrogens with zero attached hydrogens (tertiary/aromatic N) is 2. The predicted octanol–water partition coefficient (Wildman–Crippen LogP) is 4.05. The number of thiocarbonyl (C=S) groups is 1. The predicted molar refractivity (Wildman–Crippen MR) is 121 cm³/mol. The average molecular weight is 425 g/mol. The van der Waals surface area contributed by atoms with Gasteiger partial charge in [0.05, 0.1) is 19.4 Å². The summed E-state index contributed by atoms with van der Waals surface area (Å²) in [5, 5.41) is 0.194. The highest BCUT2D eigenvalue weighted by Gasteiger charge is 2.39. The normalized spacial score (nSPS) is 15.7. The Hall–Kier alpha value is -3.19. The lowest BCUT2D eigenvalue weighted by Crippen LogP contribution is -2.56. The number of para-hydroxylation sites is 1. The van der Waals surface area contributed by atoms with E-state index in [0.717, 1.165) is 0 Å². The zero-order chi connectivity index (χ0) is 21.7. The molecule has 0 aromatic heterocycles. The van der Waals surface area contributed by atoms with Crippen molar-refractivity contribution < 1.29 is 19.1 Å². The molecule has 1 aliphatic rings. The molecule has 7 heteroatoms. The van der Waals surface area contributed by atoms with Crippen LogP contribution in [0.15, 0.2) is 54.1 Å². The van der Waals surface area contributed by atoms with Crippen molar-refractivity contribution in [3.05, 3.63) is 59.7 Å². The van der Waals surface area contributed by atoms with Crippen LogP contribution in [0.3, 0.4) is 0 Å². The van der Waals surface area contributed by atoms with E-state index in [4.69, 9.17) is 21.7 Å². The van der Waals surface area contributed by atoms with Crippen LogP contribution in [0.25, 0.3) is 6.08 Å². The monoisotopic (exact) mass is 424 g/mol. The number of carbonyl (C=O) groups is 2. The van der Waals surface area contributed by atoms with E-state index in [9.17, 15) is 9.59 Å². The van der Waals surface area contributed by atoms with Crippen LogP contribution in [0, 0.1) is 0 Å². The van der Waals surface area contributed by atoms with E-state index < -0.39 is 11.8 Å². The Balaban J connectivity index is 2.06. The van der Waals surface area contributed by atoms with Gasteiger partial charge in [-0.2, -0.15) is 0 Å². The Labute approximate surface area is 181 Å². The summed E-state index contributed by atoms with van der Waals surface area (Å²) in [7, 11) is 1.55. The van der Waals surface area contributed by atoms with E-state index in [-0.39, 0.29) is 10.7 Å². The molecule has 2 aromatic carbocycles. The number of ether oxygens (including phenoxy) is 2. The highest BCUT2D eigenvalue weighted by Crippen LogP contribution is 2.31. The minimum atomic E-state index is -0.448. The molecule has 0 unspecified atom stereocenters. The van der Waals surface area contributed by atoms with Crippen molar-refractivity contribution >= 4 is 40.9 Å². The van der Waals surface area contributed by atoms with Crippen LogP contribution < -0.4 is 14.4 Å². The minimum absolute atomic E-state index is 0.0483. The van der Waals surface area contributed by atoms with Crippen molar-refractivity contribution in [2.45, 2.75) is 20.3 Å². The standard InChI is InChI=1S/C23H24N2O4S/c1-4-13-24-21(26)18(14-16-11-12-19(29-5-2)20(15-16)28-3)22(27)25(23(24)30)17-9-7-6-8-10-17/h6-12,14-15H,4-5,13H2,1-3H3/b18-14+. The Kier molecular flexibility index (Phi) is 6.84. The maximum atomic E-state index is 13.3. The molecule has 0 spiro atoms. The fourth-order valence-corrected chi connectivity index (χ4v) is 3.58. The second kappa shape index (κ2) is 9.54. The molecule has 2 amide bonds. The van der Waals surface area contributed by atoms with Crippen molar-refractivity contribution in [3.63, 3.8) is 0 Å². The number of hydrogen-bond acceptors (Lipinski definition) is 5. The third-order valence-electron chi connectivity index (χ3n) is 4.59. The zero-order valence-corrected chi connectivity index (χ0v) is 18.1. The highest BCUT2D eigenvalue weighted by molar-refractivity contribution is 7.80. The molecular formula is C23H24N2O4S. The van der Waals surface area contributed by atoms with Crippen LogP contribution in [0.1, 0.15) is 25.8 Å². The SMILES string of the molecule is CCCN1C(=O)/C(=C\c2ccc(OCC)c(OC)c2)C(=O)N(c2ccccc2)C1=S. The molecule has 3 rings (SSSR count). The van der Waals surface area contributed by atoms with Crippen molar-refractivity contribution in [1.82, 2.24) is 4.90 Å². The van der Waals surface area contributed by atoms with E-state index >= 15 is 0 Å². The zero-order valence-electron chi connectivity index (χ0n) is 17.3. The number of anilines is 1. The molecule has 0 atom stereocenters. The van der Waals surface area contributed by atoms with Crippen LogP contribution in [-0.4, -0.2) is 42.1 Å². The molecule has 0 N–H and O–H groups in total. The van der Waals surface area contributed by atoms with Gasteiger partial charge in [-0.3, -0.25) is 19.4 Å². The smallest absolute Gasteiger partial charge is 0.270 e.